The monoisotopic (exact) mass is 276 g/mol. The van der Waals surface area contributed by atoms with Crippen LogP contribution in [0.25, 0.3) is 0 Å². The normalized spacial score (nSPS) is 9.75. The van der Waals surface area contributed by atoms with E-state index in [2.05, 4.69) is 37.2 Å². The van der Waals surface area contributed by atoms with Gasteiger partial charge in [-0.1, -0.05) is 5.92 Å². The van der Waals surface area contributed by atoms with Crippen molar-refractivity contribution in [2.75, 3.05) is 5.32 Å². The van der Waals surface area contributed by atoms with Crippen LogP contribution in [0.4, 0.5) is 11.5 Å². The minimum absolute atomic E-state index is 0.463. The lowest BCUT2D eigenvalue weighted by Crippen LogP contribution is -1.95. The highest BCUT2D eigenvalue weighted by Gasteiger charge is 2.02. The number of hydrogen-bond donors (Lipinski definition) is 1. The Morgan fingerprint density at radius 3 is 3.19 bits per heavy atom. The molecule has 2 aromatic rings. The van der Waals surface area contributed by atoms with E-state index in [9.17, 15) is 0 Å². The van der Waals surface area contributed by atoms with Gasteiger partial charge in [-0.15, -0.1) is 6.42 Å². The van der Waals surface area contributed by atoms with Crippen molar-refractivity contribution in [2.24, 2.45) is 0 Å². The lowest BCUT2D eigenvalue weighted by Gasteiger charge is -2.03. The van der Waals surface area contributed by atoms with Crippen molar-refractivity contribution in [1.82, 2.24) is 14.8 Å². The summed E-state index contributed by atoms with van der Waals surface area (Å²) in [5.41, 5.74) is 0.856. The number of nitrogens with one attached hydrogen (secondary N) is 1. The van der Waals surface area contributed by atoms with Gasteiger partial charge in [-0.2, -0.15) is 5.10 Å². The van der Waals surface area contributed by atoms with Gasteiger partial charge in [0.2, 0.25) is 0 Å². The maximum Gasteiger partial charge on any atom is 0.144 e. The lowest BCUT2D eigenvalue weighted by molar-refractivity contribution is 0.716. The molecule has 0 aliphatic rings. The number of halogens is 1. The van der Waals surface area contributed by atoms with Crippen LogP contribution in [-0.4, -0.2) is 14.8 Å². The molecule has 2 rings (SSSR count). The zero-order chi connectivity index (χ0) is 11.4. The van der Waals surface area contributed by atoms with E-state index in [0.29, 0.717) is 6.54 Å². The molecule has 0 atom stereocenters. The summed E-state index contributed by atoms with van der Waals surface area (Å²) in [6.45, 7) is 0.463. The third-order valence-corrected chi connectivity index (χ3v) is 2.55. The van der Waals surface area contributed by atoms with Crippen molar-refractivity contribution in [3.05, 3.63) is 35.2 Å². The molecule has 0 unspecified atom stereocenters. The molecule has 0 spiro atoms. The standard InChI is InChI=1S/C11H9BrN4/c1-2-6-16-8-9(7-14-16)15-11-10(12)4-3-5-13-11/h1,3-5,7-8H,6H2,(H,13,15). The fourth-order valence-corrected chi connectivity index (χ4v) is 1.58. The second kappa shape index (κ2) is 4.81. The van der Waals surface area contributed by atoms with Gasteiger partial charge in [-0.25, -0.2) is 4.98 Å². The van der Waals surface area contributed by atoms with E-state index in [4.69, 9.17) is 6.42 Å². The van der Waals surface area contributed by atoms with E-state index >= 15 is 0 Å². The Morgan fingerprint density at radius 1 is 1.56 bits per heavy atom. The second-order valence-corrected chi connectivity index (χ2v) is 3.94. The summed E-state index contributed by atoms with van der Waals surface area (Å²) in [5, 5.41) is 7.24. The first-order valence-corrected chi connectivity index (χ1v) is 5.42. The Kier molecular flexibility index (Phi) is 3.22. The average molecular weight is 277 g/mol. The highest BCUT2D eigenvalue weighted by molar-refractivity contribution is 9.10. The predicted molar refractivity (Wildman–Crippen MR) is 66.3 cm³/mol. The molecule has 1 N–H and O–H groups in total. The molecule has 0 amide bonds. The van der Waals surface area contributed by atoms with Gasteiger partial charge in [0.15, 0.2) is 0 Å². The van der Waals surface area contributed by atoms with Gasteiger partial charge < -0.3 is 5.32 Å². The number of nitrogens with zero attached hydrogens (tertiary/aromatic N) is 3. The molecule has 0 aliphatic carbocycles. The third kappa shape index (κ3) is 2.41. The molecule has 0 aliphatic heterocycles. The van der Waals surface area contributed by atoms with Gasteiger partial charge in [0, 0.05) is 12.4 Å². The molecule has 0 bridgehead atoms. The van der Waals surface area contributed by atoms with Gasteiger partial charge in [-0.3, -0.25) is 4.68 Å². The average Bonchev–Trinajstić information content (AvgIpc) is 2.70. The van der Waals surface area contributed by atoms with E-state index in [1.165, 1.54) is 0 Å². The van der Waals surface area contributed by atoms with Gasteiger partial charge >= 0.3 is 0 Å². The molecule has 0 saturated heterocycles. The molecule has 80 valence electrons. The Bertz CT molecular complexity index is 527. The summed E-state index contributed by atoms with van der Waals surface area (Å²) < 4.78 is 2.58. The number of terminal acetylenes is 1. The smallest absolute Gasteiger partial charge is 0.144 e. The minimum atomic E-state index is 0.463. The summed E-state index contributed by atoms with van der Waals surface area (Å²) in [6, 6.07) is 3.78. The van der Waals surface area contributed by atoms with Crippen LogP contribution in [0.3, 0.4) is 0 Å². The van der Waals surface area contributed by atoms with Crippen LogP contribution in [0, 0.1) is 12.3 Å². The SMILES string of the molecule is C#CCn1cc(Nc2ncccc2Br)cn1. The molecule has 16 heavy (non-hydrogen) atoms. The maximum atomic E-state index is 5.20. The summed E-state index contributed by atoms with van der Waals surface area (Å²) >= 11 is 3.41. The topological polar surface area (TPSA) is 42.7 Å². The number of pyridine rings is 1. The number of aromatic nitrogens is 3. The summed E-state index contributed by atoms with van der Waals surface area (Å²) in [4.78, 5) is 4.19. The van der Waals surface area contributed by atoms with Crippen molar-refractivity contribution < 1.29 is 0 Å². The number of rotatable bonds is 3. The highest BCUT2D eigenvalue weighted by atomic mass is 79.9. The van der Waals surface area contributed by atoms with Crippen LogP contribution in [0.15, 0.2) is 35.2 Å². The Labute approximate surface area is 102 Å². The van der Waals surface area contributed by atoms with Gasteiger partial charge in [0.25, 0.3) is 0 Å². The van der Waals surface area contributed by atoms with E-state index in [1.807, 2.05) is 18.3 Å². The Balaban J connectivity index is 2.15. The number of hydrogen-bond acceptors (Lipinski definition) is 3. The first kappa shape index (κ1) is 10.7. The fraction of sp³-hybridized carbons (Fsp3) is 0.0909. The third-order valence-electron chi connectivity index (χ3n) is 1.91. The van der Waals surface area contributed by atoms with Crippen molar-refractivity contribution >= 4 is 27.4 Å². The molecule has 2 aromatic heterocycles. The number of anilines is 2. The molecule has 0 fully saturated rings. The van der Waals surface area contributed by atoms with E-state index in [1.54, 1.807) is 17.1 Å². The van der Waals surface area contributed by atoms with Crippen LogP contribution >= 0.6 is 15.9 Å². The van der Waals surface area contributed by atoms with Crippen LogP contribution in [0.5, 0.6) is 0 Å². The van der Waals surface area contributed by atoms with E-state index in [-0.39, 0.29) is 0 Å². The molecule has 0 saturated carbocycles. The molecule has 2 heterocycles. The zero-order valence-electron chi connectivity index (χ0n) is 8.39. The minimum Gasteiger partial charge on any atom is -0.337 e. The summed E-state index contributed by atoms with van der Waals surface area (Å²) in [7, 11) is 0. The molecular weight excluding hydrogens is 268 g/mol. The van der Waals surface area contributed by atoms with Crippen LogP contribution < -0.4 is 5.32 Å². The van der Waals surface area contributed by atoms with Crippen molar-refractivity contribution in [1.29, 1.82) is 0 Å². The lowest BCUT2D eigenvalue weighted by atomic mass is 10.4. The second-order valence-electron chi connectivity index (χ2n) is 3.09. The Hall–Kier alpha value is -1.80. The first-order chi connectivity index (χ1) is 7.79. The van der Waals surface area contributed by atoms with Gasteiger partial charge in [0.1, 0.15) is 12.4 Å². The highest BCUT2D eigenvalue weighted by Crippen LogP contribution is 2.22. The molecule has 4 nitrogen and oxygen atoms in total. The quantitative estimate of drug-likeness (QED) is 0.876. The van der Waals surface area contributed by atoms with E-state index < -0.39 is 0 Å². The largest absolute Gasteiger partial charge is 0.337 e. The zero-order valence-corrected chi connectivity index (χ0v) is 9.98. The van der Waals surface area contributed by atoms with Crippen LogP contribution in [0.2, 0.25) is 0 Å². The van der Waals surface area contributed by atoms with Crippen molar-refractivity contribution in [3.63, 3.8) is 0 Å². The Morgan fingerprint density at radius 2 is 2.44 bits per heavy atom. The van der Waals surface area contributed by atoms with Crippen LogP contribution in [0.1, 0.15) is 0 Å². The van der Waals surface area contributed by atoms with Crippen LogP contribution in [-0.2, 0) is 6.54 Å². The summed E-state index contributed by atoms with van der Waals surface area (Å²) in [5.74, 6) is 3.27. The molecular formula is C11H9BrN4. The molecule has 5 heteroatoms. The van der Waals surface area contributed by atoms with Gasteiger partial charge in [0.05, 0.1) is 16.4 Å². The predicted octanol–water partition coefficient (Wildman–Crippen LogP) is 2.42. The summed E-state index contributed by atoms with van der Waals surface area (Å²) in [6.07, 6.45) is 10.5. The van der Waals surface area contributed by atoms with E-state index in [0.717, 1.165) is 16.0 Å². The molecule has 0 aromatic carbocycles. The van der Waals surface area contributed by atoms with Crippen molar-refractivity contribution in [2.45, 2.75) is 6.54 Å². The van der Waals surface area contributed by atoms with Gasteiger partial charge in [-0.05, 0) is 28.1 Å². The molecule has 0 radical (unpaired) electrons. The maximum absolute atomic E-state index is 5.20. The fourth-order valence-electron chi connectivity index (χ4n) is 1.22. The first-order valence-electron chi connectivity index (χ1n) is 4.63. The van der Waals surface area contributed by atoms with Crippen molar-refractivity contribution in [3.8, 4) is 12.3 Å².